The zero-order chi connectivity index (χ0) is 14.1. The molecule has 0 amide bonds. The lowest BCUT2D eigenvalue weighted by atomic mass is 10.3. The first-order chi connectivity index (χ1) is 9.69. The van der Waals surface area contributed by atoms with E-state index < -0.39 is 0 Å². The van der Waals surface area contributed by atoms with Crippen LogP contribution in [0.2, 0.25) is 10.0 Å². The highest BCUT2D eigenvalue weighted by Gasteiger charge is 2.10. The van der Waals surface area contributed by atoms with Crippen molar-refractivity contribution in [2.75, 3.05) is 10.7 Å². The molecule has 2 heterocycles. The molecule has 0 atom stereocenters. The van der Waals surface area contributed by atoms with E-state index in [1.165, 1.54) is 0 Å². The normalized spacial score (nSPS) is 10.8. The molecule has 0 saturated carbocycles. The fraction of sp³-hybridized carbons (Fsp3) is 0. The van der Waals surface area contributed by atoms with Crippen LogP contribution in [0.4, 0.5) is 17.3 Å². The molecule has 3 aromatic rings. The number of fused-ring (bicyclic) bond motifs is 1. The minimum absolute atomic E-state index is 0.423. The molecule has 6 nitrogen and oxygen atoms in total. The van der Waals surface area contributed by atoms with Crippen LogP contribution in [-0.4, -0.2) is 14.4 Å². The Morgan fingerprint density at radius 2 is 2.10 bits per heavy atom. The summed E-state index contributed by atoms with van der Waals surface area (Å²) in [6.45, 7) is 0. The maximum atomic E-state index is 6.15. The molecule has 0 aliphatic carbocycles. The predicted molar refractivity (Wildman–Crippen MR) is 80.5 cm³/mol. The van der Waals surface area contributed by atoms with Crippen molar-refractivity contribution in [3.63, 3.8) is 0 Å². The lowest BCUT2D eigenvalue weighted by molar-refractivity contribution is 1.11. The number of anilines is 3. The molecule has 2 aromatic heterocycles. The number of nitrogens with zero attached hydrogens (tertiary/aromatic N) is 3. The van der Waals surface area contributed by atoms with Crippen molar-refractivity contribution in [3.8, 4) is 0 Å². The Kier molecular flexibility index (Phi) is 3.35. The molecule has 20 heavy (non-hydrogen) atoms. The number of benzene rings is 1. The summed E-state index contributed by atoms with van der Waals surface area (Å²) < 4.78 is 1.79. The van der Waals surface area contributed by atoms with Crippen molar-refractivity contribution < 1.29 is 0 Å². The summed E-state index contributed by atoms with van der Waals surface area (Å²) in [6, 6.07) is 5.31. The van der Waals surface area contributed by atoms with E-state index in [2.05, 4.69) is 20.7 Å². The van der Waals surface area contributed by atoms with Crippen molar-refractivity contribution in [2.24, 2.45) is 5.84 Å². The molecule has 102 valence electrons. The molecule has 0 spiro atoms. The maximum Gasteiger partial charge on any atom is 0.180 e. The fourth-order valence-electron chi connectivity index (χ4n) is 1.81. The van der Waals surface area contributed by atoms with Crippen LogP contribution in [0.25, 0.3) is 5.65 Å². The number of nitrogen functional groups attached to an aromatic ring is 1. The second-order valence-corrected chi connectivity index (χ2v) is 4.79. The van der Waals surface area contributed by atoms with E-state index in [0.29, 0.717) is 33.0 Å². The predicted octanol–water partition coefficient (Wildman–Crippen LogP) is 3.07. The van der Waals surface area contributed by atoms with E-state index in [-0.39, 0.29) is 0 Å². The number of halogens is 2. The van der Waals surface area contributed by atoms with Crippen molar-refractivity contribution in [3.05, 3.63) is 46.8 Å². The lowest BCUT2D eigenvalue weighted by Crippen LogP contribution is -2.11. The molecule has 8 heteroatoms. The first kappa shape index (κ1) is 13.0. The van der Waals surface area contributed by atoms with Crippen LogP contribution in [-0.2, 0) is 0 Å². The Bertz CT molecular complexity index is 770. The highest BCUT2D eigenvalue weighted by Crippen LogP contribution is 2.32. The third-order valence-corrected chi connectivity index (χ3v) is 3.55. The van der Waals surface area contributed by atoms with Gasteiger partial charge in [-0.25, -0.2) is 15.8 Å². The Morgan fingerprint density at radius 1 is 1.25 bits per heavy atom. The Morgan fingerprint density at radius 3 is 2.90 bits per heavy atom. The molecular weight excluding hydrogens is 299 g/mol. The molecule has 0 aliphatic heterocycles. The molecule has 0 radical (unpaired) electrons. The molecule has 4 N–H and O–H groups in total. The number of rotatable bonds is 3. The van der Waals surface area contributed by atoms with Gasteiger partial charge in [0, 0.05) is 12.4 Å². The topological polar surface area (TPSA) is 80.3 Å². The van der Waals surface area contributed by atoms with Gasteiger partial charge in [-0.2, -0.15) is 0 Å². The van der Waals surface area contributed by atoms with Gasteiger partial charge in [0.1, 0.15) is 0 Å². The first-order valence-electron chi connectivity index (χ1n) is 5.70. The van der Waals surface area contributed by atoms with Gasteiger partial charge in [-0.1, -0.05) is 29.3 Å². The second-order valence-electron chi connectivity index (χ2n) is 4.00. The van der Waals surface area contributed by atoms with Crippen LogP contribution in [0, 0.1) is 0 Å². The van der Waals surface area contributed by atoms with Crippen LogP contribution >= 0.6 is 23.2 Å². The van der Waals surface area contributed by atoms with Crippen LogP contribution in [0.1, 0.15) is 0 Å². The highest BCUT2D eigenvalue weighted by atomic mass is 35.5. The monoisotopic (exact) mass is 308 g/mol. The zero-order valence-electron chi connectivity index (χ0n) is 10.1. The van der Waals surface area contributed by atoms with Crippen molar-refractivity contribution >= 4 is 46.2 Å². The smallest absolute Gasteiger partial charge is 0.180 e. The maximum absolute atomic E-state index is 6.15. The van der Waals surface area contributed by atoms with Gasteiger partial charge in [0.15, 0.2) is 17.3 Å². The van der Waals surface area contributed by atoms with E-state index in [1.54, 1.807) is 41.2 Å². The summed E-state index contributed by atoms with van der Waals surface area (Å²) >= 11 is 12.1. The molecule has 1 aromatic carbocycles. The van der Waals surface area contributed by atoms with Crippen molar-refractivity contribution in [2.45, 2.75) is 0 Å². The molecular formula is C12H10Cl2N6. The van der Waals surface area contributed by atoms with E-state index >= 15 is 0 Å². The van der Waals surface area contributed by atoms with Gasteiger partial charge in [-0.05, 0) is 12.1 Å². The number of nitrogens with two attached hydrogens (primary N) is 1. The Balaban J connectivity index is 2.10. The third-order valence-electron chi connectivity index (χ3n) is 2.73. The SMILES string of the molecule is NNc1cn2ccnc2c(Nc2cccc(Cl)c2Cl)n1. The number of hydrogen-bond acceptors (Lipinski definition) is 5. The van der Waals surface area contributed by atoms with Crippen molar-refractivity contribution in [1.82, 2.24) is 14.4 Å². The van der Waals surface area contributed by atoms with E-state index in [1.807, 2.05) is 0 Å². The number of hydrogen-bond donors (Lipinski definition) is 3. The molecule has 0 saturated heterocycles. The number of aromatic nitrogens is 3. The zero-order valence-corrected chi connectivity index (χ0v) is 11.7. The summed E-state index contributed by atoms with van der Waals surface area (Å²) in [5.74, 6) is 6.42. The number of hydrazine groups is 1. The summed E-state index contributed by atoms with van der Waals surface area (Å²) in [6.07, 6.45) is 5.19. The molecule has 0 bridgehead atoms. The third kappa shape index (κ3) is 2.24. The van der Waals surface area contributed by atoms with Crippen LogP contribution < -0.4 is 16.6 Å². The minimum Gasteiger partial charge on any atom is -0.336 e. The standard InChI is InChI=1S/C12H10Cl2N6/c13-7-2-1-3-8(10(7)14)17-11-12-16-4-5-20(12)6-9(18-11)19-15/h1-6,19H,15H2,(H,17,18). The Hall–Kier alpha value is -2.02. The van der Waals surface area contributed by atoms with Crippen LogP contribution in [0.5, 0.6) is 0 Å². The van der Waals surface area contributed by atoms with Gasteiger partial charge in [0.25, 0.3) is 0 Å². The quantitative estimate of drug-likeness (QED) is 0.512. The molecule has 0 aliphatic rings. The summed E-state index contributed by atoms with van der Waals surface area (Å²) in [7, 11) is 0. The average Bonchev–Trinajstić information content (AvgIpc) is 2.92. The Labute approximate surface area is 124 Å². The first-order valence-corrected chi connectivity index (χ1v) is 6.46. The number of imidazole rings is 1. The molecule has 0 fully saturated rings. The van der Waals surface area contributed by atoms with Gasteiger partial charge in [-0.3, -0.25) is 0 Å². The largest absolute Gasteiger partial charge is 0.336 e. The summed E-state index contributed by atoms with van der Waals surface area (Å²) in [4.78, 5) is 8.56. The van der Waals surface area contributed by atoms with Gasteiger partial charge in [0.05, 0.1) is 21.9 Å². The van der Waals surface area contributed by atoms with Crippen molar-refractivity contribution in [1.29, 1.82) is 0 Å². The van der Waals surface area contributed by atoms with Gasteiger partial charge in [-0.15, -0.1) is 0 Å². The fourth-order valence-corrected chi connectivity index (χ4v) is 2.16. The van der Waals surface area contributed by atoms with Crippen LogP contribution in [0.15, 0.2) is 36.8 Å². The summed E-state index contributed by atoms with van der Waals surface area (Å²) in [5.41, 5.74) is 3.80. The van der Waals surface area contributed by atoms with E-state index in [4.69, 9.17) is 29.0 Å². The second kappa shape index (κ2) is 5.16. The highest BCUT2D eigenvalue weighted by molar-refractivity contribution is 6.43. The molecule has 3 rings (SSSR count). The van der Waals surface area contributed by atoms with E-state index in [0.717, 1.165) is 0 Å². The number of nitrogens with one attached hydrogen (secondary N) is 2. The lowest BCUT2D eigenvalue weighted by Gasteiger charge is -2.11. The van der Waals surface area contributed by atoms with E-state index in [9.17, 15) is 0 Å². The van der Waals surface area contributed by atoms with Gasteiger partial charge in [0.2, 0.25) is 0 Å². The average molecular weight is 309 g/mol. The minimum atomic E-state index is 0.423. The van der Waals surface area contributed by atoms with Gasteiger partial charge < -0.3 is 15.1 Å². The van der Waals surface area contributed by atoms with Gasteiger partial charge >= 0.3 is 0 Å². The van der Waals surface area contributed by atoms with Crippen LogP contribution in [0.3, 0.4) is 0 Å². The summed E-state index contributed by atoms with van der Waals surface area (Å²) in [5, 5.41) is 4.00. The molecule has 0 unspecified atom stereocenters.